The Morgan fingerprint density at radius 2 is 1.82 bits per heavy atom. The lowest BCUT2D eigenvalue weighted by molar-refractivity contribution is -0.110. The van der Waals surface area contributed by atoms with E-state index in [-0.39, 0.29) is 5.41 Å². The third-order valence-electron chi connectivity index (χ3n) is 2.05. The zero-order chi connectivity index (χ0) is 9.12. The van der Waals surface area contributed by atoms with Crippen molar-refractivity contribution in [3.05, 3.63) is 0 Å². The number of hydrogen-bond acceptors (Lipinski definition) is 2. The van der Waals surface area contributed by atoms with E-state index in [1.165, 1.54) is 0 Å². The van der Waals surface area contributed by atoms with Crippen LogP contribution < -0.4 is 0 Å². The van der Waals surface area contributed by atoms with Gasteiger partial charge in [-0.2, -0.15) is 12.6 Å². The first kappa shape index (κ1) is 11.0. The molecule has 0 radical (unpaired) electrons. The van der Waals surface area contributed by atoms with E-state index in [1.54, 1.807) is 0 Å². The van der Waals surface area contributed by atoms with Crippen LogP contribution in [-0.4, -0.2) is 11.0 Å². The van der Waals surface area contributed by atoms with Crippen LogP contribution in [0.2, 0.25) is 0 Å². The molecule has 0 spiro atoms. The van der Waals surface area contributed by atoms with E-state index in [0.717, 1.165) is 19.1 Å². The molecule has 0 bridgehead atoms. The first-order chi connectivity index (χ1) is 4.83. The van der Waals surface area contributed by atoms with Crippen LogP contribution in [-0.2, 0) is 4.79 Å². The van der Waals surface area contributed by atoms with Crippen molar-refractivity contribution in [1.82, 2.24) is 0 Å². The molecule has 0 rings (SSSR count). The van der Waals surface area contributed by atoms with E-state index in [2.05, 4.69) is 33.4 Å². The fourth-order valence-corrected chi connectivity index (χ4v) is 1.56. The molecule has 0 aliphatic carbocycles. The summed E-state index contributed by atoms with van der Waals surface area (Å²) in [5.41, 5.74) is 0.220. The van der Waals surface area contributed by atoms with Gasteiger partial charge in [-0.25, -0.2) is 0 Å². The number of carbonyl (C=O) groups excluding carboxylic acids is 1. The van der Waals surface area contributed by atoms with Crippen LogP contribution in [0.25, 0.3) is 0 Å². The molecular formula is C9H18OS. The van der Waals surface area contributed by atoms with Crippen molar-refractivity contribution >= 4 is 18.9 Å². The molecule has 0 amide bonds. The lowest BCUT2D eigenvalue weighted by Gasteiger charge is -2.29. The van der Waals surface area contributed by atoms with Gasteiger partial charge in [-0.05, 0) is 18.8 Å². The smallest absolute Gasteiger partial charge is 0.135 e. The van der Waals surface area contributed by atoms with Gasteiger partial charge in [0.05, 0.1) is 4.75 Å². The van der Waals surface area contributed by atoms with Crippen LogP contribution >= 0.6 is 12.6 Å². The van der Waals surface area contributed by atoms with Gasteiger partial charge in [0.25, 0.3) is 0 Å². The highest BCUT2D eigenvalue weighted by atomic mass is 32.1. The Morgan fingerprint density at radius 1 is 1.36 bits per heavy atom. The normalized spacial score (nSPS) is 17.5. The van der Waals surface area contributed by atoms with E-state index >= 15 is 0 Å². The van der Waals surface area contributed by atoms with Gasteiger partial charge < -0.3 is 4.79 Å². The van der Waals surface area contributed by atoms with Crippen molar-refractivity contribution in [2.75, 3.05) is 0 Å². The quantitative estimate of drug-likeness (QED) is 0.512. The van der Waals surface area contributed by atoms with E-state index in [4.69, 9.17) is 0 Å². The van der Waals surface area contributed by atoms with E-state index in [9.17, 15) is 4.79 Å². The van der Waals surface area contributed by atoms with Gasteiger partial charge in [0.2, 0.25) is 0 Å². The van der Waals surface area contributed by atoms with Gasteiger partial charge in [0.1, 0.15) is 6.29 Å². The zero-order valence-electron chi connectivity index (χ0n) is 7.85. The second kappa shape index (κ2) is 3.61. The first-order valence-electron chi connectivity index (χ1n) is 4.02. The average molecular weight is 174 g/mol. The van der Waals surface area contributed by atoms with Gasteiger partial charge in [-0.3, -0.25) is 0 Å². The van der Waals surface area contributed by atoms with E-state index < -0.39 is 4.75 Å². The molecule has 0 fully saturated rings. The molecular weight excluding hydrogens is 156 g/mol. The first-order valence-corrected chi connectivity index (χ1v) is 4.46. The predicted molar refractivity (Wildman–Crippen MR) is 52.1 cm³/mol. The summed E-state index contributed by atoms with van der Waals surface area (Å²) in [6.45, 7) is 8.31. The lowest BCUT2D eigenvalue weighted by atomic mass is 9.81. The molecule has 2 heteroatoms. The van der Waals surface area contributed by atoms with Crippen molar-refractivity contribution in [3.8, 4) is 0 Å². The van der Waals surface area contributed by atoms with Crippen LogP contribution in [0.5, 0.6) is 0 Å². The number of rotatable bonds is 4. The molecule has 1 unspecified atom stereocenters. The third kappa shape index (κ3) is 4.46. The molecule has 11 heavy (non-hydrogen) atoms. The van der Waals surface area contributed by atoms with Gasteiger partial charge in [0.15, 0.2) is 0 Å². The Labute approximate surface area is 75.0 Å². The summed E-state index contributed by atoms with van der Waals surface area (Å²) in [4.78, 5) is 10.5. The largest absolute Gasteiger partial charge is 0.302 e. The summed E-state index contributed by atoms with van der Waals surface area (Å²) in [7, 11) is 0. The van der Waals surface area contributed by atoms with Crippen LogP contribution in [0.1, 0.15) is 40.5 Å². The molecule has 1 atom stereocenters. The molecule has 0 aromatic carbocycles. The second-order valence-electron chi connectivity index (χ2n) is 4.17. The summed E-state index contributed by atoms with van der Waals surface area (Å²) in [6, 6.07) is 0. The average Bonchev–Trinajstić information content (AvgIpc) is 1.86. The zero-order valence-corrected chi connectivity index (χ0v) is 8.74. The summed E-state index contributed by atoms with van der Waals surface area (Å²) in [5, 5.41) is 0. The van der Waals surface area contributed by atoms with Gasteiger partial charge >= 0.3 is 0 Å². The fraction of sp³-hybridized carbons (Fsp3) is 0.889. The van der Waals surface area contributed by atoms with Gasteiger partial charge in [-0.15, -0.1) is 0 Å². The standard InChI is InChI=1S/C9H18OS/c1-5-8(2,3)6-9(4,11)7-10/h7,11H,5-6H2,1-4H3. The molecule has 1 nitrogen and oxygen atoms in total. The fourth-order valence-electron chi connectivity index (χ4n) is 1.14. The maximum Gasteiger partial charge on any atom is 0.135 e. The number of carbonyl (C=O) groups is 1. The highest BCUT2D eigenvalue weighted by molar-refractivity contribution is 7.82. The van der Waals surface area contributed by atoms with Crippen LogP contribution in [0.4, 0.5) is 0 Å². The monoisotopic (exact) mass is 174 g/mol. The number of hydrogen-bond donors (Lipinski definition) is 1. The maximum absolute atomic E-state index is 10.5. The molecule has 66 valence electrons. The topological polar surface area (TPSA) is 17.1 Å². The minimum absolute atomic E-state index is 0.220. The van der Waals surface area contributed by atoms with Crippen LogP contribution in [0, 0.1) is 5.41 Å². The summed E-state index contributed by atoms with van der Waals surface area (Å²) >= 11 is 4.27. The number of thiol groups is 1. The Balaban J connectivity index is 4.12. The Hall–Kier alpha value is 0.0200. The highest BCUT2D eigenvalue weighted by Gasteiger charge is 2.27. The summed E-state index contributed by atoms with van der Waals surface area (Å²) < 4.78 is -0.459. The minimum atomic E-state index is -0.459. The summed E-state index contributed by atoms with van der Waals surface area (Å²) in [5.74, 6) is 0. The van der Waals surface area contributed by atoms with E-state index in [0.29, 0.717) is 0 Å². The minimum Gasteiger partial charge on any atom is -0.302 e. The molecule has 0 aromatic rings. The summed E-state index contributed by atoms with van der Waals surface area (Å²) in [6.07, 6.45) is 2.84. The van der Waals surface area contributed by atoms with Crippen molar-refractivity contribution in [2.45, 2.75) is 45.3 Å². The predicted octanol–water partition coefficient (Wildman–Crippen LogP) is 2.70. The van der Waals surface area contributed by atoms with Gasteiger partial charge in [0, 0.05) is 0 Å². The Morgan fingerprint density at radius 3 is 2.09 bits per heavy atom. The second-order valence-corrected chi connectivity index (χ2v) is 5.19. The SMILES string of the molecule is CCC(C)(C)CC(C)(S)C=O. The lowest BCUT2D eigenvalue weighted by Crippen LogP contribution is -2.27. The Kier molecular flexibility index (Phi) is 3.62. The maximum atomic E-state index is 10.5. The molecule has 0 aromatic heterocycles. The van der Waals surface area contributed by atoms with E-state index in [1.807, 2.05) is 6.92 Å². The molecule has 0 saturated carbocycles. The van der Waals surface area contributed by atoms with Crippen LogP contribution in [0.15, 0.2) is 0 Å². The molecule has 0 heterocycles. The van der Waals surface area contributed by atoms with Crippen molar-refractivity contribution < 1.29 is 4.79 Å². The number of aldehydes is 1. The highest BCUT2D eigenvalue weighted by Crippen LogP contribution is 2.33. The van der Waals surface area contributed by atoms with Gasteiger partial charge in [-0.1, -0.05) is 27.2 Å². The molecule has 0 N–H and O–H groups in total. The molecule has 0 saturated heterocycles. The van der Waals surface area contributed by atoms with Crippen molar-refractivity contribution in [3.63, 3.8) is 0 Å². The Bertz CT molecular complexity index is 138. The van der Waals surface area contributed by atoms with Crippen LogP contribution in [0.3, 0.4) is 0 Å². The third-order valence-corrected chi connectivity index (χ3v) is 2.31. The molecule has 0 aliphatic rings. The van der Waals surface area contributed by atoms with Crippen molar-refractivity contribution in [1.29, 1.82) is 0 Å². The van der Waals surface area contributed by atoms with Crippen molar-refractivity contribution in [2.24, 2.45) is 5.41 Å². The molecule has 0 aliphatic heterocycles.